The van der Waals surface area contributed by atoms with Crippen molar-refractivity contribution in [3.63, 3.8) is 0 Å². The molecule has 2 aliphatic heterocycles. The molecule has 1 aromatic carbocycles. The van der Waals surface area contributed by atoms with E-state index >= 15 is 0 Å². The van der Waals surface area contributed by atoms with Crippen LogP contribution in [0.25, 0.3) is 6.08 Å². The first-order valence-corrected chi connectivity index (χ1v) is 10.2. The van der Waals surface area contributed by atoms with Crippen molar-refractivity contribution >= 4 is 6.08 Å². The molecule has 0 aromatic heterocycles. The molecular formula is C26H31NO3. The van der Waals surface area contributed by atoms with E-state index in [1.807, 2.05) is 52.0 Å². The number of hydrogen-bond acceptors (Lipinski definition) is 4. The number of nitrogens with one attached hydrogen (secondary N) is 1. The molecule has 2 heterocycles. The molecule has 0 spiro atoms. The highest BCUT2D eigenvalue weighted by atomic mass is 16.7. The van der Waals surface area contributed by atoms with Crippen LogP contribution >= 0.6 is 0 Å². The molecule has 1 aromatic rings. The molecule has 0 amide bonds. The van der Waals surface area contributed by atoms with E-state index in [0.717, 1.165) is 22.5 Å². The first kappa shape index (κ1) is 22.9. The fourth-order valence-corrected chi connectivity index (χ4v) is 3.41. The molecule has 0 fully saturated rings. The summed E-state index contributed by atoms with van der Waals surface area (Å²) in [4.78, 5) is 0. The van der Waals surface area contributed by atoms with E-state index in [1.54, 1.807) is 18.2 Å². The molecule has 0 saturated heterocycles. The Kier molecular flexibility index (Phi) is 8.36. The fraction of sp³-hybridized carbons (Fsp3) is 0.231. The number of phenolic OH excluding ortho intramolecular Hbond substituents is 1. The van der Waals surface area contributed by atoms with Gasteiger partial charge in [-0.1, -0.05) is 63.5 Å². The number of rotatable bonds is 5. The van der Waals surface area contributed by atoms with Gasteiger partial charge in [-0.05, 0) is 43.2 Å². The second-order valence-corrected chi connectivity index (χ2v) is 6.36. The Morgan fingerprint density at radius 3 is 2.40 bits per heavy atom. The largest absolute Gasteiger partial charge is 0.507 e. The maximum Gasteiger partial charge on any atom is 0.231 e. The van der Waals surface area contributed by atoms with Crippen LogP contribution in [0.5, 0.6) is 17.2 Å². The quantitative estimate of drug-likeness (QED) is 0.594. The van der Waals surface area contributed by atoms with E-state index in [-0.39, 0.29) is 18.5 Å². The normalized spacial score (nSPS) is 20.5. The molecule has 2 N–H and O–H groups in total. The van der Waals surface area contributed by atoms with Gasteiger partial charge in [0.1, 0.15) is 5.75 Å². The molecule has 1 atom stereocenters. The van der Waals surface area contributed by atoms with Gasteiger partial charge in [0.2, 0.25) is 6.79 Å². The molecule has 0 radical (unpaired) electrons. The zero-order valence-corrected chi connectivity index (χ0v) is 18.2. The summed E-state index contributed by atoms with van der Waals surface area (Å²) in [6.45, 7) is 15.9. The fourth-order valence-electron chi connectivity index (χ4n) is 3.41. The third kappa shape index (κ3) is 4.77. The van der Waals surface area contributed by atoms with E-state index in [0.29, 0.717) is 17.1 Å². The van der Waals surface area contributed by atoms with Crippen molar-refractivity contribution in [3.05, 3.63) is 95.9 Å². The van der Waals surface area contributed by atoms with Crippen molar-refractivity contribution < 1.29 is 14.6 Å². The van der Waals surface area contributed by atoms with E-state index in [1.165, 1.54) is 0 Å². The Morgan fingerprint density at radius 1 is 1.10 bits per heavy atom. The molecule has 4 nitrogen and oxygen atoms in total. The summed E-state index contributed by atoms with van der Waals surface area (Å²) >= 11 is 0. The molecule has 0 aliphatic carbocycles. The maximum atomic E-state index is 10.4. The summed E-state index contributed by atoms with van der Waals surface area (Å²) in [6, 6.07) is 3.38. The Bertz CT molecular complexity index is 945. The Morgan fingerprint density at radius 2 is 1.80 bits per heavy atom. The van der Waals surface area contributed by atoms with Gasteiger partial charge in [-0.3, -0.25) is 0 Å². The minimum Gasteiger partial charge on any atom is -0.507 e. The Hall–Kier alpha value is -3.40. The SMILES string of the molecule is C=C/C=C1/NC(C=C)=C(/C=C\C)C(C=Cc2cc3c(cc2O)OCO3)/C1=C/C.CC. The van der Waals surface area contributed by atoms with Crippen LogP contribution in [0.3, 0.4) is 0 Å². The van der Waals surface area contributed by atoms with Crippen LogP contribution in [-0.4, -0.2) is 11.9 Å². The Labute approximate surface area is 179 Å². The van der Waals surface area contributed by atoms with Gasteiger partial charge in [-0.15, -0.1) is 0 Å². The Balaban J connectivity index is 0.00000155. The van der Waals surface area contributed by atoms with E-state index < -0.39 is 0 Å². The lowest BCUT2D eigenvalue weighted by atomic mass is 9.83. The average molecular weight is 406 g/mol. The molecule has 2 aliphatic rings. The number of fused-ring (bicyclic) bond motifs is 1. The van der Waals surface area contributed by atoms with Gasteiger partial charge in [-0.25, -0.2) is 0 Å². The predicted octanol–water partition coefficient (Wildman–Crippen LogP) is 6.41. The lowest BCUT2D eigenvalue weighted by molar-refractivity contribution is 0.174. The van der Waals surface area contributed by atoms with Crippen LogP contribution in [0.1, 0.15) is 33.3 Å². The molecule has 4 heteroatoms. The highest BCUT2D eigenvalue weighted by Crippen LogP contribution is 2.39. The van der Waals surface area contributed by atoms with Crippen LogP contribution in [0.4, 0.5) is 0 Å². The van der Waals surface area contributed by atoms with E-state index in [2.05, 4.69) is 36.7 Å². The van der Waals surface area contributed by atoms with Crippen LogP contribution in [0.15, 0.2) is 90.4 Å². The number of ether oxygens (including phenoxy) is 2. The number of benzene rings is 1. The summed E-state index contributed by atoms with van der Waals surface area (Å²) in [5.74, 6) is 1.34. The maximum absolute atomic E-state index is 10.4. The first-order chi connectivity index (χ1) is 14.6. The zero-order chi connectivity index (χ0) is 22.1. The van der Waals surface area contributed by atoms with Crippen LogP contribution in [-0.2, 0) is 0 Å². The summed E-state index contributed by atoms with van der Waals surface area (Å²) in [5.41, 5.74) is 4.82. The van der Waals surface area contributed by atoms with Crippen molar-refractivity contribution in [1.29, 1.82) is 0 Å². The van der Waals surface area contributed by atoms with E-state index in [4.69, 9.17) is 9.47 Å². The minimum atomic E-state index is -0.00790. The third-order valence-corrected chi connectivity index (χ3v) is 4.70. The summed E-state index contributed by atoms with van der Waals surface area (Å²) in [7, 11) is 0. The topological polar surface area (TPSA) is 50.7 Å². The lowest BCUT2D eigenvalue weighted by Gasteiger charge is -2.30. The van der Waals surface area contributed by atoms with Gasteiger partial charge in [0.15, 0.2) is 11.5 Å². The highest BCUT2D eigenvalue weighted by molar-refractivity contribution is 5.65. The minimum absolute atomic E-state index is 0.00790. The van der Waals surface area contributed by atoms with Crippen LogP contribution in [0.2, 0.25) is 0 Å². The number of allylic oxidation sites excluding steroid dienone is 9. The number of phenols is 1. The smallest absolute Gasteiger partial charge is 0.231 e. The van der Waals surface area contributed by atoms with Crippen LogP contribution < -0.4 is 14.8 Å². The summed E-state index contributed by atoms with van der Waals surface area (Å²) < 4.78 is 10.7. The van der Waals surface area contributed by atoms with Crippen molar-refractivity contribution in [2.45, 2.75) is 27.7 Å². The van der Waals surface area contributed by atoms with Gasteiger partial charge >= 0.3 is 0 Å². The standard InChI is InChI=1S/C24H25NO3.C2H6/c1-5-9-19-18(17(7-3)21(10-6-2)25-20(19)8-4)12-11-16-13-23-24(14-22(16)26)28-15-27-23;1-2/h5-14,18,25-26H,2,4,15H2,1,3H3;1-2H3/b9-5-,12-11?,17-7-,21-10+;. The van der Waals surface area contributed by atoms with Gasteiger partial charge in [-0.2, -0.15) is 0 Å². The van der Waals surface area contributed by atoms with Crippen molar-refractivity contribution in [2.75, 3.05) is 6.79 Å². The molecular weight excluding hydrogens is 374 g/mol. The molecule has 1 unspecified atom stereocenters. The first-order valence-electron chi connectivity index (χ1n) is 10.2. The van der Waals surface area contributed by atoms with Crippen LogP contribution in [0, 0.1) is 5.92 Å². The van der Waals surface area contributed by atoms with Crippen molar-refractivity contribution in [1.82, 2.24) is 5.32 Å². The van der Waals surface area contributed by atoms with Gasteiger partial charge < -0.3 is 19.9 Å². The summed E-state index contributed by atoms with van der Waals surface area (Å²) in [5, 5.41) is 13.8. The van der Waals surface area contributed by atoms with Crippen molar-refractivity contribution in [2.24, 2.45) is 5.92 Å². The number of hydrogen-bond donors (Lipinski definition) is 2. The lowest BCUT2D eigenvalue weighted by Crippen LogP contribution is -2.26. The second kappa shape index (κ2) is 11.0. The monoisotopic (exact) mass is 405 g/mol. The molecule has 3 rings (SSSR count). The highest BCUT2D eigenvalue weighted by Gasteiger charge is 2.25. The van der Waals surface area contributed by atoms with E-state index in [9.17, 15) is 5.11 Å². The predicted molar refractivity (Wildman–Crippen MR) is 125 cm³/mol. The molecule has 0 saturated carbocycles. The molecule has 0 bridgehead atoms. The van der Waals surface area contributed by atoms with Crippen molar-refractivity contribution in [3.8, 4) is 17.2 Å². The number of aromatic hydroxyl groups is 1. The zero-order valence-electron chi connectivity index (χ0n) is 18.2. The van der Waals surface area contributed by atoms with Gasteiger partial charge in [0, 0.05) is 28.9 Å². The molecule has 30 heavy (non-hydrogen) atoms. The second-order valence-electron chi connectivity index (χ2n) is 6.36. The summed E-state index contributed by atoms with van der Waals surface area (Å²) in [6.07, 6.45) is 15.7. The third-order valence-electron chi connectivity index (χ3n) is 4.70. The van der Waals surface area contributed by atoms with Gasteiger partial charge in [0.25, 0.3) is 0 Å². The van der Waals surface area contributed by atoms with Gasteiger partial charge in [0.05, 0.1) is 0 Å². The average Bonchev–Trinajstić information content (AvgIpc) is 3.21. The molecule has 158 valence electrons.